The molecule has 0 aliphatic rings. The van der Waals surface area contributed by atoms with E-state index in [-0.39, 0.29) is 19.3 Å². The summed E-state index contributed by atoms with van der Waals surface area (Å²) < 4.78 is 4.83. The molecule has 0 radical (unpaired) electrons. The smallest absolute Gasteiger partial charge is 0.337 e. The molecule has 0 aliphatic carbocycles. The summed E-state index contributed by atoms with van der Waals surface area (Å²) in [5.41, 5.74) is -4.88. The second kappa shape index (κ2) is 16.1. The lowest BCUT2D eigenvalue weighted by Crippen LogP contribution is -2.64. The van der Waals surface area contributed by atoms with Crippen LogP contribution in [-0.2, 0) is 19.1 Å². The van der Waals surface area contributed by atoms with Crippen LogP contribution in [0.15, 0.2) is 0 Å². The molecule has 0 fully saturated rings. The van der Waals surface area contributed by atoms with Gasteiger partial charge < -0.3 is 25.2 Å². The number of rotatable bonds is 16. The highest BCUT2D eigenvalue weighted by Crippen LogP contribution is 2.47. The molecule has 0 heterocycles. The van der Waals surface area contributed by atoms with Crippen molar-refractivity contribution in [2.45, 2.75) is 98.0 Å². The molecule has 0 aromatic carbocycles. The number of carbonyl (C=O) groups is 3. The second-order valence-corrected chi connectivity index (χ2v) is 7.48. The number of ether oxygens (including phenoxy) is 1. The maximum atomic E-state index is 12.2. The zero-order chi connectivity index (χ0) is 23.8. The predicted octanol–water partition coefficient (Wildman–Crippen LogP) is 4.19. The third-order valence-electron chi connectivity index (χ3n) is 5.44. The first-order valence-electron chi connectivity index (χ1n) is 11.1. The fraction of sp³-hybridized carbons (Fsp3) is 0.864. The van der Waals surface area contributed by atoms with Crippen LogP contribution < -0.4 is 0 Å². The van der Waals surface area contributed by atoms with Crippen LogP contribution in [0.5, 0.6) is 0 Å². The highest BCUT2D eigenvalue weighted by molar-refractivity contribution is 5.93. The quantitative estimate of drug-likeness (QED) is 0.283. The van der Waals surface area contributed by atoms with E-state index in [1.807, 2.05) is 34.6 Å². The molecule has 178 valence electrons. The fourth-order valence-corrected chi connectivity index (χ4v) is 3.65. The summed E-state index contributed by atoms with van der Waals surface area (Å²) in [4.78, 5) is 36.0. The van der Waals surface area contributed by atoms with Gasteiger partial charge in [0.2, 0.25) is 0 Å². The van der Waals surface area contributed by atoms with Gasteiger partial charge in [-0.2, -0.15) is 0 Å². The Kier molecular flexibility index (Phi) is 16.4. The van der Waals surface area contributed by atoms with Crippen molar-refractivity contribution in [2.75, 3.05) is 13.2 Å². The zero-order valence-corrected chi connectivity index (χ0v) is 19.3. The standard InChI is InChI=1S/C18H32O7.C4H10O/c1-4-7-10-13(14(19)20)18(25,16(23)24)17(15(21)22,11-8-5-2)12-9-6-3;1-3-5-4-2/h13,25H,4-12H2,1-3H3,(H,19,20)(H,21,22)(H,23,24);3-4H2,1-2H3. The Morgan fingerprint density at radius 3 is 1.43 bits per heavy atom. The fourth-order valence-electron chi connectivity index (χ4n) is 3.65. The summed E-state index contributed by atoms with van der Waals surface area (Å²) in [5, 5.41) is 40.3. The first-order valence-corrected chi connectivity index (χ1v) is 11.1. The van der Waals surface area contributed by atoms with Crippen molar-refractivity contribution in [3.8, 4) is 0 Å². The third kappa shape index (κ3) is 8.22. The lowest BCUT2D eigenvalue weighted by atomic mass is 9.59. The van der Waals surface area contributed by atoms with Crippen molar-refractivity contribution in [1.82, 2.24) is 0 Å². The van der Waals surface area contributed by atoms with E-state index < -0.39 is 34.8 Å². The van der Waals surface area contributed by atoms with E-state index in [9.17, 15) is 34.8 Å². The van der Waals surface area contributed by atoms with Gasteiger partial charge in [0.05, 0.1) is 5.92 Å². The largest absolute Gasteiger partial charge is 0.481 e. The zero-order valence-electron chi connectivity index (χ0n) is 19.3. The van der Waals surface area contributed by atoms with Crippen LogP contribution in [0.2, 0.25) is 0 Å². The maximum Gasteiger partial charge on any atom is 0.337 e. The highest BCUT2D eigenvalue weighted by atomic mass is 16.5. The first-order chi connectivity index (χ1) is 14.1. The Bertz CT molecular complexity index is 495. The normalized spacial score (nSPS) is 14.2. The predicted molar refractivity (Wildman–Crippen MR) is 115 cm³/mol. The van der Waals surface area contributed by atoms with E-state index >= 15 is 0 Å². The van der Waals surface area contributed by atoms with Crippen LogP contribution in [0.1, 0.15) is 92.4 Å². The van der Waals surface area contributed by atoms with Gasteiger partial charge in [0, 0.05) is 13.2 Å². The molecule has 30 heavy (non-hydrogen) atoms. The molecular weight excluding hydrogens is 392 g/mol. The average molecular weight is 435 g/mol. The Labute approximate surface area is 180 Å². The van der Waals surface area contributed by atoms with Gasteiger partial charge in [0.1, 0.15) is 5.41 Å². The van der Waals surface area contributed by atoms with E-state index in [1.54, 1.807) is 0 Å². The number of unbranched alkanes of at least 4 members (excludes halogenated alkanes) is 3. The minimum Gasteiger partial charge on any atom is -0.481 e. The van der Waals surface area contributed by atoms with Crippen molar-refractivity contribution in [1.29, 1.82) is 0 Å². The van der Waals surface area contributed by atoms with E-state index in [4.69, 9.17) is 4.74 Å². The molecule has 0 aromatic rings. The summed E-state index contributed by atoms with van der Waals surface area (Å²) in [5.74, 6) is -6.36. The third-order valence-corrected chi connectivity index (χ3v) is 5.44. The van der Waals surface area contributed by atoms with E-state index in [0.29, 0.717) is 38.5 Å². The molecule has 0 bridgehead atoms. The molecule has 4 N–H and O–H groups in total. The van der Waals surface area contributed by atoms with Crippen molar-refractivity contribution < 1.29 is 39.5 Å². The molecule has 0 rings (SSSR count). The Morgan fingerprint density at radius 2 is 1.20 bits per heavy atom. The summed E-state index contributed by atoms with van der Waals surface area (Å²) in [6.45, 7) is 11.1. The van der Waals surface area contributed by atoms with Gasteiger partial charge in [-0.3, -0.25) is 9.59 Å². The summed E-state index contributed by atoms with van der Waals surface area (Å²) >= 11 is 0. The van der Waals surface area contributed by atoms with Crippen molar-refractivity contribution in [3.63, 3.8) is 0 Å². The molecule has 0 saturated heterocycles. The molecule has 0 amide bonds. The average Bonchev–Trinajstić information content (AvgIpc) is 2.68. The molecule has 0 aromatic heterocycles. The van der Waals surface area contributed by atoms with Crippen LogP contribution in [0, 0.1) is 11.3 Å². The van der Waals surface area contributed by atoms with Crippen LogP contribution in [0.4, 0.5) is 0 Å². The molecule has 0 saturated carbocycles. The SMILES string of the molecule is CCCCC(C(=O)O)C(O)(C(=O)O)C(CCCC)(CCCC)C(=O)O.CCOCC. The highest BCUT2D eigenvalue weighted by Gasteiger charge is 2.65. The van der Waals surface area contributed by atoms with Crippen molar-refractivity contribution >= 4 is 17.9 Å². The maximum absolute atomic E-state index is 12.2. The van der Waals surface area contributed by atoms with E-state index in [2.05, 4.69) is 0 Å². The number of carboxylic acid groups (broad SMARTS) is 3. The van der Waals surface area contributed by atoms with E-state index in [0.717, 1.165) is 13.2 Å². The molecule has 2 atom stereocenters. The summed E-state index contributed by atoms with van der Waals surface area (Å²) in [6, 6.07) is 0. The lowest BCUT2D eigenvalue weighted by molar-refractivity contribution is -0.207. The molecular formula is C22H42O8. The number of hydrogen-bond acceptors (Lipinski definition) is 5. The van der Waals surface area contributed by atoms with E-state index in [1.165, 1.54) is 0 Å². The van der Waals surface area contributed by atoms with Gasteiger partial charge in [-0.25, -0.2) is 4.79 Å². The molecule has 0 spiro atoms. The monoisotopic (exact) mass is 434 g/mol. The molecule has 8 nitrogen and oxygen atoms in total. The van der Waals surface area contributed by atoms with Crippen molar-refractivity contribution in [3.05, 3.63) is 0 Å². The lowest BCUT2D eigenvalue weighted by Gasteiger charge is -2.44. The van der Waals surface area contributed by atoms with Crippen LogP contribution in [0.3, 0.4) is 0 Å². The van der Waals surface area contributed by atoms with Crippen molar-refractivity contribution in [2.24, 2.45) is 11.3 Å². The summed E-state index contributed by atoms with van der Waals surface area (Å²) in [6.07, 6.45) is 2.80. The molecule has 2 unspecified atom stereocenters. The van der Waals surface area contributed by atoms with Gasteiger partial charge in [-0.1, -0.05) is 59.3 Å². The minimum absolute atomic E-state index is 0.0719. The topological polar surface area (TPSA) is 141 Å². The molecule has 0 aliphatic heterocycles. The number of aliphatic hydroxyl groups is 1. The van der Waals surface area contributed by atoms with Crippen LogP contribution >= 0.6 is 0 Å². The van der Waals surface area contributed by atoms with Gasteiger partial charge >= 0.3 is 17.9 Å². The second-order valence-electron chi connectivity index (χ2n) is 7.48. The first kappa shape index (κ1) is 30.5. The van der Waals surface area contributed by atoms with Gasteiger partial charge in [0.25, 0.3) is 0 Å². The molecule has 8 heteroatoms. The number of hydrogen-bond donors (Lipinski definition) is 4. The van der Waals surface area contributed by atoms with Gasteiger partial charge in [-0.15, -0.1) is 0 Å². The number of carboxylic acids is 3. The van der Waals surface area contributed by atoms with Gasteiger partial charge in [-0.05, 0) is 33.1 Å². The van der Waals surface area contributed by atoms with Crippen LogP contribution in [-0.4, -0.2) is 57.1 Å². The minimum atomic E-state index is -2.86. The number of aliphatic carboxylic acids is 3. The van der Waals surface area contributed by atoms with Crippen LogP contribution in [0.25, 0.3) is 0 Å². The van der Waals surface area contributed by atoms with Gasteiger partial charge in [0.15, 0.2) is 5.60 Å². The Morgan fingerprint density at radius 1 is 0.767 bits per heavy atom. The summed E-state index contributed by atoms with van der Waals surface area (Å²) in [7, 11) is 0. The Hall–Kier alpha value is -1.67. The Balaban J connectivity index is 0.